The molecule has 0 aliphatic rings. The van der Waals surface area contributed by atoms with Crippen molar-refractivity contribution in [1.82, 2.24) is 0 Å². The molecule has 0 atom stereocenters. The fourth-order valence-electron chi connectivity index (χ4n) is 1.80. The number of hydrogen-bond acceptors (Lipinski definition) is 4. The highest BCUT2D eigenvalue weighted by Gasteiger charge is 2.14. The van der Waals surface area contributed by atoms with Crippen molar-refractivity contribution in [2.45, 2.75) is 13.5 Å². The van der Waals surface area contributed by atoms with Gasteiger partial charge in [-0.15, -0.1) is 0 Å². The fourth-order valence-corrected chi connectivity index (χ4v) is 2.31. The van der Waals surface area contributed by atoms with Crippen LogP contribution in [0.15, 0.2) is 40.9 Å². The lowest BCUT2D eigenvalue weighted by Crippen LogP contribution is -1.98. The predicted molar refractivity (Wildman–Crippen MR) is 79.9 cm³/mol. The fraction of sp³-hybridized carbons (Fsp3) is 0.143. The van der Waals surface area contributed by atoms with Gasteiger partial charge in [-0.3, -0.25) is 10.1 Å². The SMILES string of the molecule is Cc1c(Oc2ccc(CN)c(Br)c2)cccc1[N+](=O)[O-]. The molecule has 0 spiro atoms. The van der Waals surface area contributed by atoms with E-state index in [-0.39, 0.29) is 5.69 Å². The molecule has 0 fully saturated rings. The van der Waals surface area contributed by atoms with Gasteiger partial charge in [0.05, 0.1) is 10.5 Å². The van der Waals surface area contributed by atoms with E-state index in [1.54, 1.807) is 31.2 Å². The first-order valence-electron chi connectivity index (χ1n) is 5.93. The van der Waals surface area contributed by atoms with Crippen molar-refractivity contribution in [2.24, 2.45) is 5.73 Å². The Labute approximate surface area is 124 Å². The molecule has 0 amide bonds. The summed E-state index contributed by atoms with van der Waals surface area (Å²) >= 11 is 3.41. The molecule has 0 radical (unpaired) electrons. The number of nitrogens with two attached hydrogens (primary N) is 1. The summed E-state index contributed by atoms with van der Waals surface area (Å²) in [6, 6.07) is 10.2. The molecule has 6 heteroatoms. The number of halogens is 1. The molecule has 2 N–H and O–H groups in total. The van der Waals surface area contributed by atoms with Crippen LogP contribution < -0.4 is 10.5 Å². The number of nitro groups is 1. The van der Waals surface area contributed by atoms with Gasteiger partial charge in [0.2, 0.25) is 0 Å². The topological polar surface area (TPSA) is 78.4 Å². The maximum absolute atomic E-state index is 10.9. The Morgan fingerprint density at radius 1 is 1.35 bits per heavy atom. The number of nitrogens with zero attached hydrogens (tertiary/aromatic N) is 1. The van der Waals surface area contributed by atoms with E-state index in [4.69, 9.17) is 10.5 Å². The molecule has 0 aromatic heterocycles. The first kappa shape index (κ1) is 14.5. The molecule has 20 heavy (non-hydrogen) atoms. The van der Waals surface area contributed by atoms with Gasteiger partial charge in [0, 0.05) is 17.1 Å². The second kappa shape index (κ2) is 6.02. The normalized spacial score (nSPS) is 10.3. The van der Waals surface area contributed by atoms with Gasteiger partial charge in [0.15, 0.2) is 0 Å². The molecule has 0 bridgehead atoms. The van der Waals surface area contributed by atoms with Crippen LogP contribution in [0.4, 0.5) is 5.69 Å². The van der Waals surface area contributed by atoms with Gasteiger partial charge in [0.1, 0.15) is 11.5 Å². The summed E-state index contributed by atoms with van der Waals surface area (Å²) < 4.78 is 6.55. The Bertz CT molecular complexity index is 659. The van der Waals surface area contributed by atoms with Crippen molar-refractivity contribution in [3.05, 3.63) is 62.1 Å². The standard InChI is InChI=1S/C14H13BrN2O3/c1-9-13(17(18)19)3-2-4-14(9)20-11-6-5-10(8-16)12(15)7-11/h2-7H,8,16H2,1H3. The van der Waals surface area contributed by atoms with E-state index in [1.807, 2.05) is 6.07 Å². The third kappa shape index (κ3) is 2.97. The first-order chi connectivity index (χ1) is 9.52. The molecular formula is C14H13BrN2O3. The lowest BCUT2D eigenvalue weighted by Gasteiger charge is -2.10. The molecular weight excluding hydrogens is 324 g/mol. The van der Waals surface area contributed by atoms with E-state index >= 15 is 0 Å². The van der Waals surface area contributed by atoms with Crippen molar-refractivity contribution in [3.8, 4) is 11.5 Å². The molecule has 0 aliphatic carbocycles. The Kier molecular flexibility index (Phi) is 4.36. The Morgan fingerprint density at radius 2 is 2.10 bits per heavy atom. The quantitative estimate of drug-likeness (QED) is 0.677. The lowest BCUT2D eigenvalue weighted by atomic mass is 10.2. The van der Waals surface area contributed by atoms with Crippen molar-refractivity contribution < 1.29 is 9.66 Å². The molecule has 104 valence electrons. The molecule has 0 unspecified atom stereocenters. The molecule has 2 aromatic rings. The summed E-state index contributed by atoms with van der Waals surface area (Å²) in [4.78, 5) is 10.5. The van der Waals surface area contributed by atoms with Crippen LogP contribution in [-0.4, -0.2) is 4.92 Å². The molecule has 0 heterocycles. The van der Waals surface area contributed by atoms with Crippen LogP contribution in [0.25, 0.3) is 0 Å². The van der Waals surface area contributed by atoms with Gasteiger partial charge in [-0.1, -0.05) is 28.1 Å². The van der Waals surface area contributed by atoms with Crippen LogP contribution in [0.2, 0.25) is 0 Å². The first-order valence-corrected chi connectivity index (χ1v) is 6.72. The Hall–Kier alpha value is -1.92. The number of rotatable bonds is 4. The van der Waals surface area contributed by atoms with E-state index < -0.39 is 4.92 Å². The third-order valence-electron chi connectivity index (χ3n) is 2.92. The smallest absolute Gasteiger partial charge is 0.276 e. The summed E-state index contributed by atoms with van der Waals surface area (Å²) in [5.41, 5.74) is 7.09. The molecule has 0 aliphatic heterocycles. The van der Waals surface area contributed by atoms with Gasteiger partial charge in [-0.2, -0.15) is 0 Å². The van der Waals surface area contributed by atoms with Crippen molar-refractivity contribution >= 4 is 21.6 Å². The minimum atomic E-state index is -0.421. The monoisotopic (exact) mass is 336 g/mol. The van der Waals surface area contributed by atoms with Crippen LogP contribution >= 0.6 is 15.9 Å². The lowest BCUT2D eigenvalue weighted by molar-refractivity contribution is -0.385. The summed E-state index contributed by atoms with van der Waals surface area (Å²) in [5, 5.41) is 10.9. The van der Waals surface area contributed by atoms with Crippen LogP contribution in [0.5, 0.6) is 11.5 Å². The van der Waals surface area contributed by atoms with Crippen LogP contribution in [0, 0.1) is 17.0 Å². The summed E-state index contributed by atoms with van der Waals surface area (Å²) in [6.45, 7) is 2.09. The summed E-state index contributed by atoms with van der Waals surface area (Å²) in [7, 11) is 0. The second-order valence-electron chi connectivity index (χ2n) is 4.22. The van der Waals surface area contributed by atoms with Gasteiger partial charge in [-0.25, -0.2) is 0 Å². The van der Waals surface area contributed by atoms with Crippen LogP contribution in [0.1, 0.15) is 11.1 Å². The average molecular weight is 337 g/mol. The Morgan fingerprint density at radius 3 is 2.70 bits per heavy atom. The van der Waals surface area contributed by atoms with Gasteiger partial charge in [0.25, 0.3) is 5.69 Å². The van der Waals surface area contributed by atoms with E-state index in [1.165, 1.54) is 6.07 Å². The van der Waals surface area contributed by atoms with Crippen LogP contribution in [0.3, 0.4) is 0 Å². The number of ether oxygens (including phenoxy) is 1. The van der Waals surface area contributed by atoms with E-state index in [9.17, 15) is 10.1 Å². The molecule has 0 saturated carbocycles. The number of hydrogen-bond donors (Lipinski definition) is 1. The van der Waals surface area contributed by atoms with Crippen molar-refractivity contribution in [2.75, 3.05) is 0 Å². The van der Waals surface area contributed by atoms with Crippen molar-refractivity contribution in [3.63, 3.8) is 0 Å². The second-order valence-corrected chi connectivity index (χ2v) is 5.07. The summed E-state index contributed by atoms with van der Waals surface area (Å²) in [6.07, 6.45) is 0. The third-order valence-corrected chi connectivity index (χ3v) is 3.66. The maximum atomic E-state index is 10.9. The highest BCUT2D eigenvalue weighted by atomic mass is 79.9. The minimum absolute atomic E-state index is 0.0418. The van der Waals surface area contributed by atoms with Gasteiger partial charge < -0.3 is 10.5 Å². The minimum Gasteiger partial charge on any atom is -0.457 e. The van der Waals surface area contributed by atoms with E-state index in [2.05, 4.69) is 15.9 Å². The zero-order valence-electron chi connectivity index (χ0n) is 10.8. The average Bonchev–Trinajstić information content (AvgIpc) is 2.41. The molecule has 2 rings (SSSR count). The zero-order chi connectivity index (χ0) is 14.7. The summed E-state index contributed by atoms with van der Waals surface area (Å²) in [5.74, 6) is 1.06. The zero-order valence-corrected chi connectivity index (χ0v) is 12.4. The largest absolute Gasteiger partial charge is 0.457 e. The highest BCUT2D eigenvalue weighted by Crippen LogP contribution is 2.32. The Balaban J connectivity index is 2.33. The highest BCUT2D eigenvalue weighted by molar-refractivity contribution is 9.10. The van der Waals surface area contributed by atoms with E-state index in [0.717, 1.165) is 10.0 Å². The van der Waals surface area contributed by atoms with Crippen LogP contribution in [-0.2, 0) is 6.54 Å². The number of nitro benzene ring substituents is 1. The maximum Gasteiger partial charge on any atom is 0.276 e. The molecule has 5 nitrogen and oxygen atoms in total. The van der Waals surface area contributed by atoms with Gasteiger partial charge >= 0.3 is 0 Å². The number of benzene rings is 2. The molecule has 2 aromatic carbocycles. The predicted octanol–water partition coefficient (Wildman–Crippen LogP) is 3.92. The van der Waals surface area contributed by atoms with Crippen molar-refractivity contribution in [1.29, 1.82) is 0 Å². The van der Waals surface area contributed by atoms with Gasteiger partial charge in [-0.05, 0) is 30.7 Å². The van der Waals surface area contributed by atoms with E-state index in [0.29, 0.717) is 23.6 Å². The molecule has 0 saturated heterocycles.